The molecular formula is C15H24Cl2N4O3. The number of carboxylic acids is 1. The molecule has 0 aliphatic heterocycles. The lowest BCUT2D eigenvalue weighted by Crippen LogP contribution is -2.40. The van der Waals surface area contributed by atoms with Crippen LogP contribution >= 0.6 is 24.8 Å². The lowest BCUT2D eigenvalue weighted by molar-refractivity contribution is -0.137. The van der Waals surface area contributed by atoms with Crippen molar-refractivity contribution in [1.82, 2.24) is 5.32 Å². The molecule has 0 aliphatic rings. The number of amides is 1. The van der Waals surface area contributed by atoms with Crippen LogP contribution in [-0.2, 0) is 22.7 Å². The molecule has 0 aromatic heterocycles. The van der Waals surface area contributed by atoms with Gasteiger partial charge >= 0.3 is 5.97 Å². The maximum absolute atomic E-state index is 11.8. The van der Waals surface area contributed by atoms with Crippen LogP contribution in [0.25, 0.3) is 0 Å². The molecule has 0 unspecified atom stereocenters. The molecule has 7 nitrogen and oxygen atoms in total. The summed E-state index contributed by atoms with van der Waals surface area (Å²) in [7, 11) is 0. The molecule has 0 aliphatic carbocycles. The molecule has 1 aromatic carbocycles. The minimum atomic E-state index is -0.966. The second kappa shape index (κ2) is 12.6. The Bertz CT molecular complexity index is 563. The van der Waals surface area contributed by atoms with Crippen LogP contribution < -0.4 is 16.8 Å². The largest absolute Gasteiger partial charge is 0.481 e. The third kappa shape index (κ3) is 10.0. The Labute approximate surface area is 153 Å². The minimum absolute atomic E-state index is 0. The van der Waals surface area contributed by atoms with Gasteiger partial charge in [0.1, 0.15) is 0 Å². The first-order valence-electron chi connectivity index (χ1n) is 6.98. The summed E-state index contributed by atoms with van der Waals surface area (Å²) in [6.45, 7) is 2.55. The highest BCUT2D eigenvalue weighted by Crippen LogP contribution is 2.07. The first kappa shape index (κ1) is 24.4. The lowest BCUT2D eigenvalue weighted by Gasteiger charge is -2.11. The van der Waals surface area contributed by atoms with Gasteiger partial charge in [0.2, 0.25) is 5.91 Å². The summed E-state index contributed by atoms with van der Waals surface area (Å²) in [5.74, 6) is -0.808. The number of hydrogen-bond donors (Lipinski definition) is 4. The van der Waals surface area contributed by atoms with Crippen LogP contribution in [0.3, 0.4) is 0 Å². The van der Waals surface area contributed by atoms with Crippen molar-refractivity contribution in [3.63, 3.8) is 0 Å². The normalized spacial score (nSPS) is 11.7. The van der Waals surface area contributed by atoms with Gasteiger partial charge in [-0.05, 0) is 24.5 Å². The summed E-state index contributed by atoms with van der Waals surface area (Å²) in [5.41, 5.74) is 13.0. The quantitative estimate of drug-likeness (QED) is 0.398. The average Bonchev–Trinajstić information content (AvgIpc) is 2.48. The van der Waals surface area contributed by atoms with E-state index < -0.39 is 12.0 Å². The highest BCUT2D eigenvalue weighted by Gasteiger charge is 2.14. The number of carbonyl (C=O) groups excluding carboxylic acids is 1. The third-order valence-electron chi connectivity index (χ3n) is 2.98. The van der Waals surface area contributed by atoms with E-state index in [1.807, 2.05) is 24.3 Å². The number of halogens is 2. The number of aliphatic imine (C=N–C) groups is 1. The molecule has 0 bridgehead atoms. The van der Waals surface area contributed by atoms with Crippen LogP contribution in [-0.4, -0.2) is 28.9 Å². The first-order chi connectivity index (χ1) is 10.4. The highest BCUT2D eigenvalue weighted by atomic mass is 35.5. The summed E-state index contributed by atoms with van der Waals surface area (Å²) in [6, 6.07) is 6.80. The van der Waals surface area contributed by atoms with E-state index in [0.29, 0.717) is 18.9 Å². The molecule has 1 rings (SSSR count). The molecule has 9 heteroatoms. The van der Waals surface area contributed by atoms with Gasteiger partial charge in [-0.3, -0.25) is 14.6 Å². The Balaban J connectivity index is 0. The molecule has 136 valence electrons. The highest BCUT2D eigenvalue weighted by molar-refractivity contribution is 5.85. The zero-order chi connectivity index (χ0) is 16.5. The molecule has 1 atom stereocenters. The van der Waals surface area contributed by atoms with Crippen LogP contribution in [0.5, 0.6) is 0 Å². The molecule has 0 saturated heterocycles. The van der Waals surface area contributed by atoms with Gasteiger partial charge in [-0.1, -0.05) is 24.3 Å². The van der Waals surface area contributed by atoms with Gasteiger partial charge in [-0.2, -0.15) is 0 Å². The van der Waals surface area contributed by atoms with E-state index in [-0.39, 0.29) is 43.6 Å². The van der Waals surface area contributed by atoms with Crippen molar-refractivity contribution in [2.45, 2.75) is 38.9 Å². The van der Waals surface area contributed by atoms with Crippen molar-refractivity contribution in [1.29, 1.82) is 0 Å². The Morgan fingerprint density at radius 3 is 2.50 bits per heavy atom. The molecule has 0 spiro atoms. The van der Waals surface area contributed by atoms with Gasteiger partial charge in [0.15, 0.2) is 0 Å². The van der Waals surface area contributed by atoms with E-state index >= 15 is 0 Å². The van der Waals surface area contributed by atoms with E-state index in [1.54, 1.807) is 6.92 Å². The van der Waals surface area contributed by atoms with Crippen LogP contribution in [0.1, 0.15) is 30.9 Å². The summed E-state index contributed by atoms with van der Waals surface area (Å²) in [6.07, 6.45) is -0.00772. The lowest BCUT2D eigenvalue weighted by atomic mass is 10.1. The third-order valence-corrected chi connectivity index (χ3v) is 2.98. The molecule has 1 amide bonds. The standard InChI is InChI=1S/C15H22N4O3.2ClH/c1-10(16)18-8-11-3-2-4-12(7-11)9-19-15(22)13(17)5-6-14(20)21;;/h2-4,7,13H,5-6,8-9,17H2,1H3,(H2,16,18)(H,19,22)(H,20,21);2*1H/t13-;;/m0../s1. The molecular weight excluding hydrogens is 355 g/mol. The number of hydrogen-bond acceptors (Lipinski definition) is 4. The molecule has 0 fully saturated rings. The van der Waals surface area contributed by atoms with Gasteiger partial charge in [0.05, 0.1) is 18.4 Å². The van der Waals surface area contributed by atoms with E-state index in [1.165, 1.54) is 0 Å². The predicted octanol–water partition coefficient (Wildman–Crippen LogP) is 1.22. The number of nitrogens with two attached hydrogens (primary N) is 2. The summed E-state index contributed by atoms with van der Waals surface area (Å²) in [5, 5.41) is 11.3. The molecule has 0 radical (unpaired) electrons. The van der Waals surface area contributed by atoms with Crippen molar-refractivity contribution in [3.8, 4) is 0 Å². The first-order valence-corrected chi connectivity index (χ1v) is 6.98. The second-order valence-electron chi connectivity index (χ2n) is 5.03. The summed E-state index contributed by atoms with van der Waals surface area (Å²) < 4.78 is 0. The molecule has 0 heterocycles. The fourth-order valence-electron chi connectivity index (χ4n) is 1.78. The van der Waals surface area contributed by atoms with Crippen LogP contribution in [0.15, 0.2) is 29.3 Å². The Morgan fingerprint density at radius 1 is 1.29 bits per heavy atom. The number of carboxylic acid groups (broad SMARTS) is 1. The van der Waals surface area contributed by atoms with Crippen molar-refractivity contribution < 1.29 is 14.7 Å². The smallest absolute Gasteiger partial charge is 0.303 e. The van der Waals surface area contributed by atoms with Crippen LogP contribution in [0, 0.1) is 0 Å². The van der Waals surface area contributed by atoms with Crippen molar-refractivity contribution in [3.05, 3.63) is 35.4 Å². The molecule has 24 heavy (non-hydrogen) atoms. The van der Waals surface area contributed by atoms with Gasteiger partial charge < -0.3 is 21.9 Å². The SMILES string of the molecule is CC(N)=NCc1cccc(CNC(=O)[C@@H](N)CCC(=O)O)c1.Cl.Cl. The van der Waals surface area contributed by atoms with E-state index in [0.717, 1.165) is 11.1 Å². The van der Waals surface area contributed by atoms with E-state index in [4.69, 9.17) is 16.6 Å². The summed E-state index contributed by atoms with van der Waals surface area (Å²) >= 11 is 0. The van der Waals surface area contributed by atoms with Crippen LogP contribution in [0.4, 0.5) is 0 Å². The van der Waals surface area contributed by atoms with Crippen molar-refractivity contribution >= 4 is 42.5 Å². The number of benzene rings is 1. The second-order valence-corrected chi connectivity index (χ2v) is 5.03. The molecule has 0 saturated carbocycles. The maximum Gasteiger partial charge on any atom is 0.303 e. The van der Waals surface area contributed by atoms with E-state index in [2.05, 4.69) is 10.3 Å². The molecule has 1 aromatic rings. The summed E-state index contributed by atoms with van der Waals surface area (Å²) in [4.78, 5) is 26.3. The Kier molecular flexibility index (Phi) is 12.8. The van der Waals surface area contributed by atoms with E-state index in [9.17, 15) is 9.59 Å². The van der Waals surface area contributed by atoms with Gasteiger partial charge in [0.25, 0.3) is 0 Å². The number of rotatable bonds is 8. The molecule has 6 N–H and O–H groups in total. The van der Waals surface area contributed by atoms with Gasteiger partial charge in [-0.25, -0.2) is 0 Å². The topological polar surface area (TPSA) is 131 Å². The van der Waals surface area contributed by atoms with Crippen molar-refractivity contribution in [2.75, 3.05) is 0 Å². The monoisotopic (exact) mass is 378 g/mol. The Morgan fingerprint density at radius 2 is 1.92 bits per heavy atom. The number of nitrogens with zero attached hydrogens (tertiary/aromatic N) is 1. The zero-order valence-electron chi connectivity index (χ0n) is 13.4. The van der Waals surface area contributed by atoms with Crippen LogP contribution in [0.2, 0.25) is 0 Å². The fourth-order valence-corrected chi connectivity index (χ4v) is 1.78. The number of nitrogens with one attached hydrogen (secondary N) is 1. The predicted molar refractivity (Wildman–Crippen MR) is 98.6 cm³/mol. The number of carbonyl (C=O) groups is 2. The van der Waals surface area contributed by atoms with Gasteiger partial charge in [0, 0.05) is 13.0 Å². The zero-order valence-corrected chi connectivity index (χ0v) is 15.0. The number of amidine groups is 1. The minimum Gasteiger partial charge on any atom is -0.481 e. The van der Waals surface area contributed by atoms with Gasteiger partial charge in [-0.15, -0.1) is 24.8 Å². The Hall–Kier alpha value is -1.83. The fraction of sp³-hybridized carbons (Fsp3) is 0.400. The van der Waals surface area contributed by atoms with Crippen molar-refractivity contribution in [2.24, 2.45) is 16.5 Å². The number of aliphatic carboxylic acids is 1. The average molecular weight is 379 g/mol. The maximum atomic E-state index is 11.8.